The van der Waals surface area contributed by atoms with Crippen LogP contribution in [-0.2, 0) is 16.4 Å². The summed E-state index contributed by atoms with van der Waals surface area (Å²) in [6.07, 6.45) is 1.82. The van der Waals surface area contributed by atoms with E-state index >= 15 is 0 Å². The molecule has 1 N–H and O–H groups in total. The van der Waals surface area contributed by atoms with Gasteiger partial charge in [-0.15, -0.1) is 0 Å². The number of hydrogen-bond donors (Lipinski definition) is 1. The first-order valence-electron chi connectivity index (χ1n) is 10.0. The van der Waals surface area contributed by atoms with Gasteiger partial charge < -0.3 is 9.64 Å². The van der Waals surface area contributed by atoms with Crippen LogP contribution in [0.3, 0.4) is 0 Å². The minimum absolute atomic E-state index is 0.0163. The standard InChI is InChI=1S/C22H29FN2O4S/c1-4-14-25(15-5-2)22(26)18-10-11-20(29-3)21(16-18)30(27,28)24-13-12-17-8-6-7-9-19(17)23/h6-11,16,24H,4-5,12-15H2,1-3H3. The number of carbonyl (C=O) groups excluding carboxylic acids is 1. The summed E-state index contributed by atoms with van der Waals surface area (Å²) in [5.41, 5.74) is 0.707. The molecule has 6 nitrogen and oxygen atoms in total. The first kappa shape index (κ1) is 23.8. The highest BCUT2D eigenvalue weighted by atomic mass is 32.2. The molecule has 0 saturated carbocycles. The number of carbonyl (C=O) groups is 1. The van der Waals surface area contributed by atoms with E-state index in [1.54, 1.807) is 29.2 Å². The van der Waals surface area contributed by atoms with E-state index in [0.717, 1.165) is 12.8 Å². The molecule has 0 radical (unpaired) electrons. The van der Waals surface area contributed by atoms with Crippen LogP contribution in [0.25, 0.3) is 0 Å². The summed E-state index contributed by atoms with van der Waals surface area (Å²) < 4.78 is 47.2. The van der Waals surface area contributed by atoms with E-state index in [-0.39, 0.29) is 40.9 Å². The maximum absolute atomic E-state index is 13.8. The molecule has 0 bridgehead atoms. The molecule has 8 heteroatoms. The van der Waals surface area contributed by atoms with Gasteiger partial charge >= 0.3 is 0 Å². The van der Waals surface area contributed by atoms with E-state index in [4.69, 9.17) is 4.74 Å². The van der Waals surface area contributed by atoms with Crippen LogP contribution < -0.4 is 9.46 Å². The molecule has 0 aromatic heterocycles. The quantitative estimate of drug-likeness (QED) is 0.584. The Labute approximate surface area is 178 Å². The van der Waals surface area contributed by atoms with Gasteiger partial charge in [0.25, 0.3) is 5.91 Å². The molecule has 0 aliphatic heterocycles. The molecule has 164 valence electrons. The zero-order chi connectivity index (χ0) is 22.1. The molecule has 2 aromatic rings. The van der Waals surface area contributed by atoms with E-state index in [1.807, 2.05) is 13.8 Å². The van der Waals surface area contributed by atoms with Crippen molar-refractivity contribution in [3.8, 4) is 5.75 Å². The van der Waals surface area contributed by atoms with Gasteiger partial charge in [0.05, 0.1) is 7.11 Å². The van der Waals surface area contributed by atoms with Gasteiger partial charge in [-0.1, -0.05) is 32.0 Å². The van der Waals surface area contributed by atoms with Gasteiger partial charge in [0.2, 0.25) is 10.0 Å². The van der Waals surface area contributed by atoms with Crippen molar-refractivity contribution in [2.45, 2.75) is 38.0 Å². The largest absolute Gasteiger partial charge is 0.495 e. The van der Waals surface area contributed by atoms with Crippen LogP contribution in [-0.4, -0.2) is 46.0 Å². The predicted molar refractivity (Wildman–Crippen MR) is 115 cm³/mol. The van der Waals surface area contributed by atoms with Crippen molar-refractivity contribution in [2.75, 3.05) is 26.7 Å². The van der Waals surface area contributed by atoms with E-state index in [0.29, 0.717) is 18.7 Å². The van der Waals surface area contributed by atoms with Crippen LogP contribution in [0.5, 0.6) is 5.75 Å². The average Bonchev–Trinajstić information content (AvgIpc) is 2.74. The van der Waals surface area contributed by atoms with Crippen molar-refractivity contribution >= 4 is 15.9 Å². The molecule has 0 saturated heterocycles. The predicted octanol–water partition coefficient (Wildman–Crippen LogP) is 3.62. The second-order valence-corrected chi connectivity index (χ2v) is 8.63. The van der Waals surface area contributed by atoms with Crippen molar-refractivity contribution < 1.29 is 22.3 Å². The molecule has 1 amide bonds. The summed E-state index contributed by atoms with van der Waals surface area (Å²) in [4.78, 5) is 14.5. The maximum atomic E-state index is 13.8. The first-order valence-corrected chi connectivity index (χ1v) is 11.5. The molecule has 0 aliphatic carbocycles. The number of amides is 1. The molecule has 0 spiro atoms. The Morgan fingerprint density at radius 2 is 1.77 bits per heavy atom. The molecule has 0 fully saturated rings. The number of rotatable bonds is 11. The Kier molecular flexibility index (Phi) is 8.80. The van der Waals surface area contributed by atoms with Crippen LogP contribution in [0.15, 0.2) is 47.4 Å². The Balaban J connectivity index is 2.24. The van der Waals surface area contributed by atoms with Crippen molar-refractivity contribution in [2.24, 2.45) is 0 Å². The Morgan fingerprint density at radius 1 is 1.10 bits per heavy atom. The highest BCUT2D eigenvalue weighted by Crippen LogP contribution is 2.25. The Hall–Kier alpha value is -2.45. The summed E-state index contributed by atoms with van der Waals surface area (Å²) in [6, 6.07) is 10.6. The summed E-state index contributed by atoms with van der Waals surface area (Å²) in [5.74, 6) is -0.458. The van der Waals surface area contributed by atoms with Crippen LogP contribution in [0.1, 0.15) is 42.6 Å². The van der Waals surface area contributed by atoms with E-state index in [1.165, 1.54) is 25.3 Å². The molecular weight excluding hydrogens is 407 g/mol. The first-order chi connectivity index (χ1) is 14.3. The fourth-order valence-corrected chi connectivity index (χ4v) is 4.38. The zero-order valence-corrected chi connectivity index (χ0v) is 18.5. The van der Waals surface area contributed by atoms with Crippen molar-refractivity contribution in [1.29, 1.82) is 0 Å². The van der Waals surface area contributed by atoms with Crippen molar-refractivity contribution in [3.05, 3.63) is 59.4 Å². The van der Waals surface area contributed by atoms with Gasteiger partial charge in [-0.05, 0) is 49.1 Å². The second kappa shape index (κ2) is 11.1. The van der Waals surface area contributed by atoms with Crippen molar-refractivity contribution in [1.82, 2.24) is 9.62 Å². The second-order valence-electron chi connectivity index (χ2n) is 6.90. The van der Waals surface area contributed by atoms with Gasteiger partial charge in [0.15, 0.2) is 0 Å². The summed E-state index contributed by atoms with van der Waals surface area (Å²) in [5, 5.41) is 0. The number of methoxy groups -OCH3 is 1. The lowest BCUT2D eigenvalue weighted by atomic mass is 10.1. The number of nitrogens with zero attached hydrogens (tertiary/aromatic N) is 1. The third-order valence-electron chi connectivity index (χ3n) is 4.62. The van der Waals surface area contributed by atoms with E-state index in [2.05, 4.69) is 4.72 Å². The van der Waals surface area contributed by atoms with Gasteiger partial charge in [0, 0.05) is 25.2 Å². The van der Waals surface area contributed by atoms with Gasteiger partial charge in [-0.3, -0.25) is 4.79 Å². The molecule has 0 heterocycles. The smallest absolute Gasteiger partial charge is 0.253 e. The van der Waals surface area contributed by atoms with Crippen LogP contribution in [0, 0.1) is 5.82 Å². The topological polar surface area (TPSA) is 75.7 Å². The third kappa shape index (κ3) is 6.03. The SMILES string of the molecule is CCCN(CCC)C(=O)c1ccc(OC)c(S(=O)(=O)NCCc2ccccc2F)c1. The monoisotopic (exact) mass is 436 g/mol. The summed E-state index contributed by atoms with van der Waals surface area (Å²) in [6.45, 7) is 5.18. The fourth-order valence-electron chi connectivity index (χ4n) is 3.16. The number of nitrogens with one attached hydrogen (secondary N) is 1. The zero-order valence-electron chi connectivity index (χ0n) is 17.7. The average molecular weight is 437 g/mol. The van der Waals surface area contributed by atoms with E-state index < -0.39 is 10.0 Å². The molecule has 30 heavy (non-hydrogen) atoms. The fraction of sp³-hybridized carbons (Fsp3) is 0.409. The highest BCUT2D eigenvalue weighted by Gasteiger charge is 2.23. The lowest BCUT2D eigenvalue weighted by Gasteiger charge is -2.22. The maximum Gasteiger partial charge on any atom is 0.253 e. The molecule has 2 aromatic carbocycles. The number of ether oxygens (including phenoxy) is 1. The Bertz CT molecular complexity index is 957. The normalized spacial score (nSPS) is 11.3. The summed E-state index contributed by atoms with van der Waals surface area (Å²) in [7, 11) is -2.59. The molecule has 0 aliphatic rings. The van der Waals surface area contributed by atoms with Gasteiger partial charge in [-0.25, -0.2) is 17.5 Å². The number of sulfonamides is 1. The van der Waals surface area contributed by atoms with Crippen molar-refractivity contribution in [3.63, 3.8) is 0 Å². The van der Waals surface area contributed by atoms with Crippen LogP contribution in [0.4, 0.5) is 4.39 Å². The molecule has 0 unspecified atom stereocenters. The number of halogens is 1. The highest BCUT2D eigenvalue weighted by molar-refractivity contribution is 7.89. The third-order valence-corrected chi connectivity index (χ3v) is 6.10. The number of hydrogen-bond acceptors (Lipinski definition) is 4. The Morgan fingerprint density at radius 3 is 2.37 bits per heavy atom. The van der Waals surface area contributed by atoms with Crippen LogP contribution in [0.2, 0.25) is 0 Å². The minimum atomic E-state index is -3.96. The molecule has 2 rings (SSSR count). The molecular formula is C22H29FN2O4S. The van der Waals surface area contributed by atoms with Gasteiger partial charge in [-0.2, -0.15) is 0 Å². The minimum Gasteiger partial charge on any atom is -0.495 e. The summed E-state index contributed by atoms with van der Waals surface area (Å²) >= 11 is 0. The van der Waals surface area contributed by atoms with Gasteiger partial charge in [0.1, 0.15) is 16.5 Å². The van der Waals surface area contributed by atoms with E-state index in [9.17, 15) is 17.6 Å². The van der Waals surface area contributed by atoms with Crippen LogP contribution >= 0.6 is 0 Å². The lowest BCUT2D eigenvalue weighted by Crippen LogP contribution is -2.33. The lowest BCUT2D eigenvalue weighted by molar-refractivity contribution is 0.0755. The molecule has 0 atom stereocenters. The number of benzene rings is 2.